The van der Waals surface area contributed by atoms with Gasteiger partial charge in [0, 0.05) is 36.8 Å². The lowest BCUT2D eigenvalue weighted by Gasteiger charge is -2.46. The van der Waals surface area contributed by atoms with Crippen LogP contribution in [0.5, 0.6) is 6.01 Å². The number of ether oxygens (including phenoxy) is 1. The number of nitrogens with zero attached hydrogens (tertiary/aromatic N) is 5. The minimum absolute atomic E-state index is 0.0286. The summed E-state index contributed by atoms with van der Waals surface area (Å²) in [5.41, 5.74) is 0.0438. The first kappa shape index (κ1) is 27.4. The Morgan fingerprint density at radius 1 is 0.955 bits per heavy atom. The lowest BCUT2D eigenvalue weighted by atomic mass is 9.84. The molecule has 6 heterocycles. The smallest absolute Gasteiger partial charge is 0.319 e. The number of pyridine rings is 1. The maximum Gasteiger partial charge on any atom is 0.319 e. The van der Waals surface area contributed by atoms with Crippen molar-refractivity contribution >= 4 is 33.5 Å². The molecule has 1 unspecified atom stereocenters. The summed E-state index contributed by atoms with van der Waals surface area (Å²) in [5.74, 6) is -0.548. The van der Waals surface area contributed by atoms with Crippen molar-refractivity contribution < 1.29 is 18.3 Å². The topological polar surface area (TPSA) is 95.5 Å². The normalized spacial score (nSPS) is 23.2. The molecule has 4 fully saturated rings. The monoisotopic (exact) mass is 599 g/mol. The van der Waals surface area contributed by atoms with Crippen LogP contribution in [0.25, 0.3) is 32.9 Å². The molecule has 4 aliphatic heterocycles. The number of benzene rings is 2. The molecule has 0 saturated carbocycles. The van der Waals surface area contributed by atoms with Crippen molar-refractivity contribution in [2.24, 2.45) is 0 Å². The lowest BCUT2D eigenvalue weighted by Crippen LogP contribution is -2.65. The molecule has 2 amide bonds. The van der Waals surface area contributed by atoms with Crippen molar-refractivity contribution in [2.75, 3.05) is 44.2 Å². The van der Waals surface area contributed by atoms with Gasteiger partial charge < -0.3 is 20.3 Å². The predicted molar refractivity (Wildman–Crippen MR) is 164 cm³/mol. The highest BCUT2D eigenvalue weighted by atomic mass is 19.1. The molecule has 11 heteroatoms. The van der Waals surface area contributed by atoms with E-state index in [1.165, 1.54) is 6.07 Å². The van der Waals surface area contributed by atoms with Crippen molar-refractivity contribution in [3.63, 3.8) is 0 Å². The van der Waals surface area contributed by atoms with Crippen molar-refractivity contribution in [3.8, 4) is 17.3 Å². The Balaban J connectivity index is 1.24. The van der Waals surface area contributed by atoms with Crippen molar-refractivity contribution in [2.45, 2.75) is 56.0 Å². The maximum absolute atomic E-state index is 16.7. The van der Waals surface area contributed by atoms with Crippen LogP contribution in [0, 0.1) is 11.6 Å². The van der Waals surface area contributed by atoms with E-state index in [1.54, 1.807) is 36.5 Å². The zero-order valence-corrected chi connectivity index (χ0v) is 24.5. The molecule has 4 aromatic rings. The van der Waals surface area contributed by atoms with Crippen LogP contribution in [-0.4, -0.2) is 76.3 Å². The number of urea groups is 1. The number of hydrogen-bond donors (Lipinski definition) is 2. The highest BCUT2D eigenvalue weighted by molar-refractivity contribution is 5.99. The fourth-order valence-corrected chi connectivity index (χ4v) is 8.05. The summed E-state index contributed by atoms with van der Waals surface area (Å²) in [6, 6.07) is 10.0. The average molecular weight is 600 g/mol. The molecule has 228 valence electrons. The van der Waals surface area contributed by atoms with E-state index >= 15 is 8.78 Å². The summed E-state index contributed by atoms with van der Waals surface area (Å²) >= 11 is 0. The number of fused-ring (bicyclic) bond motifs is 3. The number of carbonyl (C=O) groups excluding carboxylic acids is 1. The van der Waals surface area contributed by atoms with Crippen LogP contribution in [0.15, 0.2) is 42.6 Å². The van der Waals surface area contributed by atoms with E-state index in [-0.39, 0.29) is 28.8 Å². The second kappa shape index (κ2) is 10.5. The Morgan fingerprint density at radius 3 is 2.57 bits per heavy atom. The number of hydrogen-bond acceptors (Lipinski definition) is 7. The van der Waals surface area contributed by atoms with Gasteiger partial charge in [-0.25, -0.2) is 13.6 Å². The Hall–Kier alpha value is -4.12. The molecule has 8 rings (SSSR count). The molecule has 0 radical (unpaired) electrons. The van der Waals surface area contributed by atoms with E-state index in [1.807, 2.05) is 0 Å². The third-order valence-electron chi connectivity index (χ3n) is 10.2. The van der Waals surface area contributed by atoms with Crippen LogP contribution in [-0.2, 0) is 0 Å². The van der Waals surface area contributed by atoms with Gasteiger partial charge in [-0.2, -0.15) is 9.97 Å². The largest absolute Gasteiger partial charge is 0.461 e. The van der Waals surface area contributed by atoms with Crippen LogP contribution in [0.1, 0.15) is 44.9 Å². The fourth-order valence-electron chi connectivity index (χ4n) is 8.05. The Morgan fingerprint density at radius 2 is 1.75 bits per heavy atom. The summed E-state index contributed by atoms with van der Waals surface area (Å²) in [6.07, 6.45) is 8.44. The lowest BCUT2D eigenvalue weighted by molar-refractivity contribution is 0.108. The summed E-state index contributed by atoms with van der Waals surface area (Å²) in [4.78, 5) is 31.0. The fraction of sp³-hybridized carbons (Fsp3) is 0.455. The van der Waals surface area contributed by atoms with Gasteiger partial charge in [-0.15, -0.1) is 0 Å². The van der Waals surface area contributed by atoms with Gasteiger partial charge in [-0.1, -0.05) is 30.3 Å². The van der Waals surface area contributed by atoms with E-state index in [4.69, 9.17) is 9.72 Å². The molecule has 2 aromatic heterocycles. The van der Waals surface area contributed by atoms with Gasteiger partial charge in [0.15, 0.2) is 5.82 Å². The van der Waals surface area contributed by atoms with Crippen molar-refractivity contribution in [3.05, 3.63) is 54.2 Å². The quantitative estimate of drug-likeness (QED) is 0.327. The summed E-state index contributed by atoms with van der Waals surface area (Å²) in [7, 11) is 0. The molecule has 0 aliphatic carbocycles. The first-order valence-electron chi connectivity index (χ1n) is 15.7. The second-order valence-corrected chi connectivity index (χ2v) is 12.8. The number of halogens is 2. The number of anilines is 1. The molecule has 2 N–H and O–H groups in total. The van der Waals surface area contributed by atoms with Crippen LogP contribution >= 0.6 is 0 Å². The highest BCUT2D eigenvalue weighted by Gasteiger charge is 2.45. The minimum Gasteiger partial charge on any atom is -0.461 e. The van der Waals surface area contributed by atoms with Crippen LogP contribution < -0.4 is 20.3 Å². The molecule has 9 nitrogen and oxygen atoms in total. The third kappa shape index (κ3) is 4.51. The van der Waals surface area contributed by atoms with Crippen LogP contribution in [0.2, 0.25) is 0 Å². The molecule has 0 bridgehead atoms. The van der Waals surface area contributed by atoms with E-state index in [0.717, 1.165) is 58.0 Å². The van der Waals surface area contributed by atoms with E-state index in [2.05, 4.69) is 30.4 Å². The highest BCUT2D eigenvalue weighted by Crippen LogP contribution is 2.40. The molecule has 4 aliphatic rings. The predicted octanol–water partition coefficient (Wildman–Crippen LogP) is 5.17. The van der Waals surface area contributed by atoms with Gasteiger partial charge in [0.1, 0.15) is 29.5 Å². The SMILES string of the molecule is O=C1NCCC2(CCCN(c3nc(OCC45CCCN4CCC5)nc4c(F)c(-c5cccc6cccc(F)c56)ncc34)C2)N1. The van der Waals surface area contributed by atoms with Gasteiger partial charge in [-0.3, -0.25) is 9.88 Å². The number of nitrogens with one attached hydrogen (secondary N) is 2. The number of amides is 2. The Kier molecular flexibility index (Phi) is 6.55. The average Bonchev–Trinajstić information content (AvgIpc) is 3.61. The first-order chi connectivity index (χ1) is 21.4. The maximum atomic E-state index is 16.7. The molecule has 4 saturated heterocycles. The number of carbonyl (C=O) groups is 1. The number of piperidine rings is 1. The molecule has 2 aromatic carbocycles. The molecule has 1 atom stereocenters. The second-order valence-electron chi connectivity index (χ2n) is 12.8. The van der Waals surface area contributed by atoms with Gasteiger partial charge in [-0.05, 0) is 69.5 Å². The standard InChI is InChI=1S/C33H35F2N7O2/c34-24-9-2-7-21-6-1-8-22(25(21)24)27-26(35)28-23(18-37-27)29(41-15-3-10-32(19-41)13-14-36-30(43)40-32)39-31(38-28)44-20-33-11-4-16-42(33)17-5-12-33/h1-2,6-9,18H,3-5,10-17,19-20H2,(H2,36,40,43). The molecule has 1 spiro atoms. The Bertz CT molecular complexity index is 1770. The first-order valence-corrected chi connectivity index (χ1v) is 15.7. The van der Waals surface area contributed by atoms with Gasteiger partial charge in [0.25, 0.3) is 0 Å². The molecular formula is C33H35F2N7O2. The summed E-state index contributed by atoms with van der Waals surface area (Å²) in [6.45, 7) is 4.38. The number of rotatable bonds is 5. The third-order valence-corrected chi connectivity index (χ3v) is 10.2. The summed E-state index contributed by atoms with van der Waals surface area (Å²) in [5, 5.41) is 7.43. The van der Waals surface area contributed by atoms with E-state index in [9.17, 15) is 4.79 Å². The zero-order chi connectivity index (χ0) is 29.9. The Labute approximate surface area is 254 Å². The van der Waals surface area contributed by atoms with Crippen molar-refractivity contribution in [1.82, 2.24) is 30.5 Å². The number of aromatic nitrogens is 3. The van der Waals surface area contributed by atoms with Crippen LogP contribution in [0.3, 0.4) is 0 Å². The van der Waals surface area contributed by atoms with Gasteiger partial charge in [0.05, 0.1) is 16.5 Å². The van der Waals surface area contributed by atoms with Crippen molar-refractivity contribution in [1.29, 1.82) is 0 Å². The van der Waals surface area contributed by atoms with Crippen LogP contribution in [0.4, 0.5) is 19.4 Å². The van der Waals surface area contributed by atoms with Gasteiger partial charge >= 0.3 is 12.0 Å². The molecule has 44 heavy (non-hydrogen) atoms. The minimum atomic E-state index is -0.643. The zero-order valence-electron chi connectivity index (χ0n) is 24.5. The van der Waals surface area contributed by atoms with E-state index in [0.29, 0.717) is 53.8 Å². The van der Waals surface area contributed by atoms with E-state index < -0.39 is 17.2 Å². The summed E-state index contributed by atoms with van der Waals surface area (Å²) < 4.78 is 38.1. The molecular weight excluding hydrogens is 564 g/mol. The van der Waals surface area contributed by atoms with Gasteiger partial charge in [0.2, 0.25) is 0 Å².